The Balaban J connectivity index is 2.67. The van der Waals surface area contributed by atoms with Crippen molar-refractivity contribution >= 4 is 11.6 Å². The number of para-hydroxylation sites is 1. The molecule has 6 heteroatoms. The molecule has 1 heterocycles. The number of hydrogen-bond donors (Lipinski definition) is 3. The summed E-state index contributed by atoms with van der Waals surface area (Å²) in [6.07, 6.45) is 5.89. The third-order valence-corrected chi connectivity index (χ3v) is 4.62. The Morgan fingerprint density at radius 3 is 2.60 bits per heavy atom. The van der Waals surface area contributed by atoms with E-state index in [1.54, 1.807) is 0 Å². The monoisotopic (exact) mass is 343 g/mol. The molecule has 2 atom stereocenters. The second-order valence-electron chi connectivity index (χ2n) is 6.29. The van der Waals surface area contributed by atoms with Crippen LogP contribution in [0.5, 0.6) is 0 Å². The molecule has 6 N–H and O–H groups in total. The Bertz CT molecular complexity index is 682. The zero-order chi connectivity index (χ0) is 18.6. The van der Waals surface area contributed by atoms with Crippen LogP contribution in [0.2, 0.25) is 0 Å². The van der Waals surface area contributed by atoms with Gasteiger partial charge in [-0.25, -0.2) is 5.01 Å². The van der Waals surface area contributed by atoms with Gasteiger partial charge in [-0.15, -0.1) is 0 Å². The molecule has 0 fully saturated rings. The number of benzene rings is 1. The number of fused-ring (bicyclic) bond motifs is 1. The predicted octanol–water partition coefficient (Wildman–Crippen LogP) is 1.80. The summed E-state index contributed by atoms with van der Waals surface area (Å²) in [4.78, 5) is 13.6. The number of amides is 1. The average Bonchev–Trinajstić information content (AvgIpc) is 2.66. The molecular formula is C19H29N5O. The Labute approximate surface area is 149 Å². The molecule has 0 radical (unpaired) electrons. The lowest BCUT2D eigenvalue weighted by molar-refractivity contribution is -0.119. The van der Waals surface area contributed by atoms with Gasteiger partial charge in [-0.2, -0.15) is 0 Å². The number of hydrogen-bond acceptors (Lipinski definition) is 5. The van der Waals surface area contributed by atoms with E-state index in [-0.39, 0.29) is 18.6 Å². The van der Waals surface area contributed by atoms with Crippen LogP contribution in [0.4, 0.5) is 5.69 Å². The van der Waals surface area contributed by atoms with E-state index >= 15 is 0 Å². The highest BCUT2D eigenvalue weighted by Crippen LogP contribution is 2.38. The Hall–Kier alpha value is -2.15. The number of anilines is 1. The molecule has 1 aromatic rings. The lowest BCUT2D eigenvalue weighted by Gasteiger charge is -2.32. The van der Waals surface area contributed by atoms with Gasteiger partial charge in [0.1, 0.15) is 0 Å². The standard InChI is InChI=1S/C19H29N5O/c1-4-6-9-14-15(5-2)23(3)16-11-8-7-10-13(16)18(21)19(14)24(22)12-17(20)25/h6-11,18-19H,4-5,12,21-22H2,1-3H3,(H2,20,25)/b9-6-. The molecular weight excluding hydrogens is 314 g/mol. The summed E-state index contributed by atoms with van der Waals surface area (Å²) in [5, 5.41) is 1.47. The number of primary amides is 1. The van der Waals surface area contributed by atoms with Gasteiger partial charge in [0.25, 0.3) is 0 Å². The fraction of sp³-hybridized carbons (Fsp3) is 0.421. The number of nitrogens with zero attached hydrogens (tertiary/aromatic N) is 2. The first-order chi connectivity index (χ1) is 11.9. The second kappa shape index (κ2) is 8.29. The molecule has 1 amide bonds. The molecule has 1 aliphatic heterocycles. The van der Waals surface area contributed by atoms with Crippen LogP contribution >= 0.6 is 0 Å². The molecule has 0 spiro atoms. The van der Waals surface area contributed by atoms with Crippen molar-refractivity contribution in [1.29, 1.82) is 0 Å². The molecule has 2 unspecified atom stereocenters. The zero-order valence-corrected chi connectivity index (χ0v) is 15.3. The van der Waals surface area contributed by atoms with Crippen molar-refractivity contribution in [3.05, 3.63) is 53.3 Å². The van der Waals surface area contributed by atoms with Crippen molar-refractivity contribution in [1.82, 2.24) is 5.01 Å². The van der Waals surface area contributed by atoms with Gasteiger partial charge in [0, 0.05) is 18.4 Å². The minimum atomic E-state index is -0.475. The minimum absolute atomic E-state index is 0.0509. The van der Waals surface area contributed by atoms with Crippen molar-refractivity contribution < 1.29 is 4.79 Å². The highest BCUT2D eigenvalue weighted by atomic mass is 16.1. The van der Waals surface area contributed by atoms with Crippen molar-refractivity contribution in [2.24, 2.45) is 17.3 Å². The molecule has 0 saturated heterocycles. The first-order valence-corrected chi connectivity index (χ1v) is 8.69. The zero-order valence-electron chi connectivity index (χ0n) is 15.3. The van der Waals surface area contributed by atoms with Gasteiger partial charge in [0.2, 0.25) is 5.91 Å². The van der Waals surface area contributed by atoms with E-state index in [4.69, 9.17) is 17.3 Å². The molecule has 0 bridgehead atoms. The van der Waals surface area contributed by atoms with Crippen molar-refractivity contribution in [2.45, 2.75) is 38.8 Å². The van der Waals surface area contributed by atoms with Crippen LogP contribution in [-0.2, 0) is 4.79 Å². The molecule has 1 aromatic carbocycles. The Morgan fingerprint density at radius 1 is 1.32 bits per heavy atom. The number of carbonyl (C=O) groups is 1. The van der Waals surface area contributed by atoms with Crippen LogP contribution in [-0.4, -0.2) is 30.6 Å². The Morgan fingerprint density at radius 2 is 2.00 bits per heavy atom. The van der Waals surface area contributed by atoms with Crippen LogP contribution in [0.3, 0.4) is 0 Å². The SMILES string of the molecule is CC/C=C\C1=C(CC)N(C)c2ccccc2C(N)C1N(N)CC(N)=O. The van der Waals surface area contributed by atoms with Crippen LogP contribution in [0.15, 0.2) is 47.7 Å². The van der Waals surface area contributed by atoms with Gasteiger partial charge in [-0.3, -0.25) is 10.6 Å². The largest absolute Gasteiger partial charge is 0.369 e. The number of rotatable bonds is 6. The summed E-state index contributed by atoms with van der Waals surface area (Å²) in [5.41, 5.74) is 16.2. The van der Waals surface area contributed by atoms with Gasteiger partial charge in [-0.05, 0) is 30.0 Å². The first kappa shape index (κ1) is 19.2. The molecule has 1 aliphatic rings. The van der Waals surface area contributed by atoms with Crippen LogP contribution in [0.25, 0.3) is 0 Å². The van der Waals surface area contributed by atoms with Crippen LogP contribution in [0, 0.1) is 0 Å². The predicted molar refractivity (Wildman–Crippen MR) is 102 cm³/mol. The number of allylic oxidation sites excluding steroid dienone is 2. The van der Waals surface area contributed by atoms with Crippen LogP contribution < -0.4 is 22.2 Å². The van der Waals surface area contributed by atoms with E-state index in [2.05, 4.69) is 37.0 Å². The van der Waals surface area contributed by atoms with E-state index in [0.717, 1.165) is 35.4 Å². The minimum Gasteiger partial charge on any atom is -0.369 e. The summed E-state index contributed by atoms with van der Waals surface area (Å²) in [7, 11) is 2.04. The number of hydrazine groups is 1. The maximum Gasteiger partial charge on any atom is 0.233 e. The van der Waals surface area contributed by atoms with Gasteiger partial charge in [-0.1, -0.05) is 44.2 Å². The maximum atomic E-state index is 11.4. The molecule has 0 aliphatic carbocycles. The smallest absolute Gasteiger partial charge is 0.233 e. The van der Waals surface area contributed by atoms with E-state index in [1.165, 1.54) is 5.01 Å². The van der Waals surface area contributed by atoms with E-state index in [0.29, 0.717) is 0 Å². The maximum absolute atomic E-state index is 11.4. The lowest BCUT2D eigenvalue weighted by Crippen LogP contribution is -2.51. The summed E-state index contributed by atoms with van der Waals surface area (Å²) in [6.45, 7) is 4.14. The van der Waals surface area contributed by atoms with E-state index in [9.17, 15) is 4.79 Å². The summed E-state index contributed by atoms with van der Waals surface area (Å²) >= 11 is 0. The highest BCUT2D eigenvalue weighted by Gasteiger charge is 2.34. The van der Waals surface area contributed by atoms with Crippen molar-refractivity contribution in [3.8, 4) is 0 Å². The average molecular weight is 343 g/mol. The van der Waals surface area contributed by atoms with E-state index < -0.39 is 5.91 Å². The first-order valence-electron chi connectivity index (χ1n) is 8.69. The normalized spacial score (nSPS) is 21.0. The van der Waals surface area contributed by atoms with Gasteiger partial charge < -0.3 is 16.4 Å². The van der Waals surface area contributed by atoms with Crippen molar-refractivity contribution in [2.75, 3.05) is 18.5 Å². The molecule has 0 aromatic heterocycles. The number of carbonyl (C=O) groups excluding carboxylic acids is 1. The quantitative estimate of drug-likeness (QED) is 0.540. The molecule has 25 heavy (non-hydrogen) atoms. The summed E-state index contributed by atoms with van der Waals surface area (Å²) in [5.74, 6) is 5.78. The third kappa shape index (κ3) is 3.92. The summed E-state index contributed by atoms with van der Waals surface area (Å²) < 4.78 is 0. The topological polar surface area (TPSA) is 102 Å². The van der Waals surface area contributed by atoms with Crippen LogP contribution in [0.1, 0.15) is 38.3 Å². The number of nitrogens with two attached hydrogens (primary N) is 3. The van der Waals surface area contributed by atoms with Gasteiger partial charge >= 0.3 is 0 Å². The highest BCUT2D eigenvalue weighted by molar-refractivity contribution is 5.76. The van der Waals surface area contributed by atoms with Crippen molar-refractivity contribution in [3.63, 3.8) is 0 Å². The molecule has 2 rings (SSSR count). The molecule has 6 nitrogen and oxygen atoms in total. The summed E-state index contributed by atoms with van der Waals surface area (Å²) in [6, 6.07) is 7.34. The van der Waals surface area contributed by atoms with Gasteiger partial charge in [0.15, 0.2) is 0 Å². The lowest BCUT2D eigenvalue weighted by atomic mass is 9.92. The second-order valence-corrected chi connectivity index (χ2v) is 6.29. The van der Waals surface area contributed by atoms with E-state index in [1.807, 2.05) is 25.2 Å². The fourth-order valence-electron chi connectivity index (χ4n) is 3.49. The third-order valence-electron chi connectivity index (χ3n) is 4.62. The van der Waals surface area contributed by atoms with Gasteiger partial charge in [0.05, 0.1) is 18.6 Å². The fourth-order valence-corrected chi connectivity index (χ4v) is 3.49. The molecule has 136 valence electrons. The Kier molecular flexibility index (Phi) is 6.36. The molecule has 0 saturated carbocycles.